The zero-order valence-corrected chi connectivity index (χ0v) is 8.73. The molecule has 0 fully saturated rings. The van der Waals surface area contributed by atoms with Gasteiger partial charge in [-0.05, 0) is 6.42 Å². The minimum atomic E-state index is -4.64. The van der Waals surface area contributed by atoms with Crippen LogP contribution in [-0.2, 0) is 9.13 Å². The number of hydrogen-bond acceptors (Lipinski definition) is 3. The van der Waals surface area contributed by atoms with E-state index in [9.17, 15) is 9.13 Å². The minimum absolute atomic E-state index is 0.0868. The van der Waals surface area contributed by atoms with E-state index in [-0.39, 0.29) is 6.42 Å². The van der Waals surface area contributed by atoms with Crippen LogP contribution in [0.4, 0.5) is 0 Å². The van der Waals surface area contributed by atoms with E-state index in [4.69, 9.17) is 25.3 Å². The maximum absolute atomic E-state index is 10.7. The molecule has 0 heterocycles. The van der Waals surface area contributed by atoms with Crippen LogP contribution in [0.1, 0.15) is 13.3 Å². The van der Waals surface area contributed by atoms with E-state index in [0.717, 1.165) is 0 Å². The van der Waals surface area contributed by atoms with E-state index in [1.165, 1.54) is 6.92 Å². The lowest BCUT2D eigenvalue weighted by Crippen LogP contribution is -2.34. The average molecular weight is 233 g/mol. The second-order valence-electron chi connectivity index (χ2n) is 2.64. The lowest BCUT2D eigenvalue weighted by atomic mass is 10.3. The summed E-state index contributed by atoms with van der Waals surface area (Å²) in [6.07, 6.45) is -0.0868. The molecule has 9 heteroatoms. The van der Waals surface area contributed by atoms with E-state index in [1.807, 2.05) is 0 Å². The monoisotopic (exact) mass is 233 g/mol. The molecule has 0 saturated carbocycles. The Kier molecular flexibility index (Phi) is 4.27. The molecule has 0 aromatic rings. The van der Waals surface area contributed by atoms with Gasteiger partial charge < -0.3 is 25.3 Å². The standard InChI is InChI=1S/C4H13NO6P2/c1-2-3(12(6,7)8)4(5)13(9,10)11/h3-4H,2,5H2,1H3,(H2,6,7,8)(H2,9,10,11). The Morgan fingerprint density at radius 3 is 1.62 bits per heavy atom. The van der Waals surface area contributed by atoms with Crippen LogP contribution in [0.2, 0.25) is 0 Å². The Labute approximate surface area is 75.3 Å². The van der Waals surface area contributed by atoms with Crippen molar-refractivity contribution < 1.29 is 28.7 Å². The molecule has 6 N–H and O–H groups in total. The van der Waals surface area contributed by atoms with Crippen LogP contribution in [0, 0.1) is 0 Å². The van der Waals surface area contributed by atoms with Gasteiger partial charge in [0.05, 0.1) is 5.66 Å². The van der Waals surface area contributed by atoms with Gasteiger partial charge in [0.1, 0.15) is 5.78 Å². The first-order valence-corrected chi connectivity index (χ1v) is 6.83. The second kappa shape index (κ2) is 4.19. The van der Waals surface area contributed by atoms with E-state index < -0.39 is 26.6 Å². The summed E-state index contributed by atoms with van der Waals surface area (Å²) in [7, 11) is -9.19. The van der Waals surface area contributed by atoms with Crippen molar-refractivity contribution in [2.45, 2.75) is 24.8 Å². The third-order valence-electron chi connectivity index (χ3n) is 1.63. The van der Waals surface area contributed by atoms with Crippen molar-refractivity contribution in [3.8, 4) is 0 Å². The molecule has 0 aliphatic carbocycles. The maximum Gasteiger partial charge on any atom is 0.343 e. The summed E-state index contributed by atoms with van der Waals surface area (Å²) in [5.74, 6) is -1.81. The predicted octanol–water partition coefficient (Wildman–Crippen LogP) is -0.595. The highest BCUT2D eigenvalue weighted by Gasteiger charge is 2.41. The first-order valence-electron chi connectivity index (χ1n) is 3.46. The molecule has 0 saturated heterocycles. The van der Waals surface area contributed by atoms with Crippen molar-refractivity contribution in [3.63, 3.8) is 0 Å². The summed E-state index contributed by atoms with van der Waals surface area (Å²) in [4.78, 5) is 34.6. The first kappa shape index (κ1) is 13.3. The molecule has 0 spiro atoms. The van der Waals surface area contributed by atoms with Crippen LogP contribution < -0.4 is 5.73 Å². The molecular formula is C4H13NO6P2. The molecule has 13 heavy (non-hydrogen) atoms. The molecule has 0 aromatic carbocycles. The highest BCUT2D eigenvalue weighted by Crippen LogP contribution is 2.53. The summed E-state index contributed by atoms with van der Waals surface area (Å²) < 4.78 is 21.3. The smallest absolute Gasteiger partial charge is 0.324 e. The van der Waals surface area contributed by atoms with Crippen molar-refractivity contribution in [2.75, 3.05) is 0 Å². The van der Waals surface area contributed by atoms with E-state index >= 15 is 0 Å². The van der Waals surface area contributed by atoms with Crippen LogP contribution in [0.25, 0.3) is 0 Å². The molecular weight excluding hydrogens is 220 g/mol. The first-order chi connectivity index (χ1) is 5.60. The van der Waals surface area contributed by atoms with Gasteiger partial charge in [-0.2, -0.15) is 0 Å². The molecule has 80 valence electrons. The number of rotatable bonds is 4. The molecule has 0 bridgehead atoms. The van der Waals surface area contributed by atoms with Crippen LogP contribution in [0.15, 0.2) is 0 Å². The average Bonchev–Trinajstić information content (AvgIpc) is 1.83. The Balaban J connectivity index is 4.82. The number of hydrogen-bond donors (Lipinski definition) is 5. The normalized spacial score (nSPS) is 18.3. The lowest BCUT2D eigenvalue weighted by molar-refractivity contribution is 0.328. The van der Waals surface area contributed by atoms with Crippen LogP contribution >= 0.6 is 15.2 Å². The molecule has 0 radical (unpaired) electrons. The Hall–Kier alpha value is 0.260. The van der Waals surface area contributed by atoms with Gasteiger partial charge in [0.25, 0.3) is 0 Å². The van der Waals surface area contributed by atoms with Gasteiger partial charge >= 0.3 is 15.2 Å². The maximum atomic E-state index is 10.7. The lowest BCUT2D eigenvalue weighted by Gasteiger charge is -2.23. The van der Waals surface area contributed by atoms with Gasteiger partial charge in [0.2, 0.25) is 0 Å². The van der Waals surface area contributed by atoms with Gasteiger partial charge in [-0.3, -0.25) is 9.13 Å². The van der Waals surface area contributed by atoms with E-state index in [1.54, 1.807) is 0 Å². The summed E-state index contributed by atoms with van der Waals surface area (Å²) in [6, 6.07) is 0. The second-order valence-corrected chi connectivity index (χ2v) is 6.26. The van der Waals surface area contributed by atoms with Crippen LogP contribution in [0.5, 0.6) is 0 Å². The fourth-order valence-corrected chi connectivity index (χ4v) is 3.48. The van der Waals surface area contributed by atoms with E-state index in [0.29, 0.717) is 0 Å². The van der Waals surface area contributed by atoms with Crippen molar-refractivity contribution in [2.24, 2.45) is 5.73 Å². The number of nitrogens with two attached hydrogens (primary N) is 1. The third kappa shape index (κ3) is 3.87. The van der Waals surface area contributed by atoms with Crippen LogP contribution in [0.3, 0.4) is 0 Å². The largest absolute Gasteiger partial charge is 0.343 e. The molecule has 7 nitrogen and oxygen atoms in total. The summed E-state index contributed by atoms with van der Waals surface area (Å²) in [6.45, 7) is 1.40. The highest BCUT2D eigenvalue weighted by molar-refractivity contribution is 7.57. The predicted molar refractivity (Wildman–Crippen MR) is 46.1 cm³/mol. The quantitative estimate of drug-likeness (QED) is 0.408. The fourth-order valence-electron chi connectivity index (χ4n) is 0.902. The van der Waals surface area contributed by atoms with Crippen molar-refractivity contribution in [3.05, 3.63) is 0 Å². The third-order valence-corrected chi connectivity index (χ3v) is 4.56. The minimum Gasteiger partial charge on any atom is -0.324 e. The zero-order chi connectivity index (χ0) is 10.9. The molecule has 2 atom stereocenters. The molecule has 0 rings (SSSR count). The SMILES string of the molecule is CCC(C(N)P(=O)(O)O)P(=O)(O)O. The molecule has 0 aliphatic heterocycles. The van der Waals surface area contributed by atoms with Crippen LogP contribution in [-0.4, -0.2) is 31.0 Å². The van der Waals surface area contributed by atoms with Crippen molar-refractivity contribution in [1.29, 1.82) is 0 Å². The van der Waals surface area contributed by atoms with Crippen molar-refractivity contribution in [1.82, 2.24) is 0 Å². The summed E-state index contributed by atoms with van der Waals surface area (Å²) in [5, 5.41) is 0. The fraction of sp³-hybridized carbons (Fsp3) is 1.00. The molecule has 0 aliphatic rings. The highest BCUT2D eigenvalue weighted by atomic mass is 31.2. The van der Waals surface area contributed by atoms with Gasteiger partial charge in [-0.15, -0.1) is 0 Å². The summed E-state index contributed by atoms with van der Waals surface area (Å²) in [5.41, 5.74) is 3.54. The topological polar surface area (TPSA) is 141 Å². The molecule has 0 aromatic heterocycles. The summed E-state index contributed by atoms with van der Waals surface area (Å²) >= 11 is 0. The van der Waals surface area contributed by atoms with Gasteiger partial charge in [0, 0.05) is 0 Å². The zero-order valence-electron chi connectivity index (χ0n) is 6.94. The van der Waals surface area contributed by atoms with Gasteiger partial charge in [-0.25, -0.2) is 0 Å². The van der Waals surface area contributed by atoms with Gasteiger partial charge in [0.15, 0.2) is 0 Å². The Bertz CT molecular complexity index is 255. The Morgan fingerprint density at radius 2 is 1.54 bits per heavy atom. The van der Waals surface area contributed by atoms with Gasteiger partial charge in [-0.1, -0.05) is 6.92 Å². The van der Waals surface area contributed by atoms with E-state index in [2.05, 4.69) is 0 Å². The molecule has 0 amide bonds. The molecule has 2 unspecified atom stereocenters. The Morgan fingerprint density at radius 1 is 1.15 bits per heavy atom. The van der Waals surface area contributed by atoms with Crippen molar-refractivity contribution >= 4 is 15.2 Å².